The molecule has 0 saturated heterocycles. The predicted molar refractivity (Wildman–Crippen MR) is 90.3 cm³/mol. The number of nitrogens with two attached hydrogens (primary N) is 1. The summed E-state index contributed by atoms with van der Waals surface area (Å²) in [4.78, 5) is 18.7. The number of nitrogens with zero attached hydrogens (tertiary/aromatic N) is 2. The SMILES string of the molecule is CC(Oc1ccc(Oc2nc(C(F)F)nc3ccccc23)cc1)C(N)=O. The van der Waals surface area contributed by atoms with Crippen molar-refractivity contribution in [2.75, 3.05) is 0 Å². The fourth-order valence-corrected chi connectivity index (χ4v) is 2.20. The maximum absolute atomic E-state index is 13.0. The maximum Gasteiger partial charge on any atom is 0.297 e. The Morgan fingerprint density at radius 2 is 1.69 bits per heavy atom. The van der Waals surface area contributed by atoms with E-state index in [-0.39, 0.29) is 5.88 Å². The van der Waals surface area contributed by atoms with E-state index in [9.17, 15) is 13.6 Å². The van der Waals surface area contributed by atoms with Crippen molar-refractivity contribution in [1.29, 1.82) is 0 Å². The molecular formula is C18H15F2N3O3. The molecule has 0 bridgehead atoms. The van der Waals surface area contributed by atoms with E-state index in [4.69, 9.17) is 15.2 Å². The highest BCUT2D eigenvalue weighted by Crippen LogP contribution is 2.30. The van der Waals surface area contributed by atoms with Gasteiger partial charge in [0, 0.05) is 0 Å². The minimum atomic E-state index is -2.81. The van der Waals surface area contributed by atoms with Crippen molar-refractivity contribution in [1.82, 2.24) is 9.97 Å². The van der Waals surface area contributed by atoms with E-state index in [1.165, 1.54) is 6.92 Å². The molecule has 3 rings (SSSR count). The number of ether oxygens (including phenoxy) is 2. The van der Waals surface area contributed by atoms with Crippen LogP contribution < -0.4 is 15.2 Å². The lowest BCUT2D eigenvalue weighted by Gasteiger charge is -2.12. The molecule has 2 N–H and O–H groups in total. The molecule has 0 aliphatic heterocycles. The molecule has 1 unspecified atom stereocenters. The first-order valence-corrected chi connectivity index (χ1v) is 7.73. The van der Waals surface area contributed by atoms with Crippen molar-refractivity contribution in [2.24, 2.45) is 5.73 Å². The molecule has 0 spiro atoms. The standard InChI is InChI=1S/C18H15F2N3O3/c1-10(16(21)24)25-11-6-8-12(9-7-11)26-18-13-4-2-3-5-14(13)22-17(23-18)15(19)20/h2-10,15H,1H3,(H2,21,24). The fraction of sp³-hybridized carbons (Fsp3) is 0.167. The predicted octanol–water partition coefficient (Wildman–Crippen LogP) is 3.61. The van der Waals surface area contributed by atoms with Gasteiger partial charge >= 0.3 is 0 Å². The summed E-state index contributed by atoms with van der Waals surface area (Å²) >= 11 is 0. The number of fused-ring (bicyclic) bond motifs is 1. The van der Waals surface area contributed by atoms with E-state index in [2.05, 4.69) is 9.97 Å². The first kappa shape index (κ1) is 17.5. The van der Waals surface area contributed by atoms with E-state index >= 15 is 0 Å². The lowest BCUT2D eigenvalue weighted by molar-refractivity contribution is -0.123. The number of carbonyl (C=O) groups is 1. The Hall–Kier alpha value is -3.29. The van der Waals surface area contributed by atoms with Crippen LogP contribution in [-0.4, -0.2) is 22.0 Å². The molecule has 3 aromatic rings. The Labute approximate surface area is 147 Å². The zero-order valence-corrected chi connectivity index (χ0v) is 13.7. The van der Waals surface area contributed by atoms with Crippen molar-refractivity contribution in [3.63, 3.8) is 0 Å². The van der Waals surface area contributed by atoms with Gasteiger partial charge in [0.15, 0.2) is 11.9 Å². The van der Waals surface area contributed by atoms with Gasteiger partial charge in [0.25, 0.3) is 12.3 Å². The zero-order valence-electron chi connectivity index (χ0n) is 13.7. The second-order valence-electron chi connectivity index (χ2n) is 5.44. The monoisotopic (exact) mass is 359 g/mol. The number of carbonyl (C=O) groups excluding carboxylic acids is 1. The average Bonchev–Trinajstić information content (AvgIpc) is 2.63. The van der Waals surface area contributed by atoms with Gasteiger partial charge in [0.2, 0.25) is 5.88 Å². The lowest BCUT2D eigenvalue weighted by Crippen LogP contribution is -2.30. The highest BCUT2D eigenvalue weighted by molar-refractivity contribution is 5.83. The highest BCUT2D eigenvalue weighted by Gasteiger charge is 2.16. The second-order valence-corrected chi connectivity index (χ2v) is 5.44. The molecule has 0 aliphatic carbocycles. The second kappa shape index (κ2) is 7.30. The van der Waals surface area contributed by atoms with E-state index in [1.807, 2.05) is 0 Å². The summed E-state index contributed by atoms with van der Waals surface area (Å²) in [5.41, 5.74) is 5.51. The Morgan fingerprint density at radius 3 is 2.35 bits per heavy atom. The van der Waals surface area contributed by atoms with Crippen LogP contribution in [0, 0.1) is 0 Å². The number of primary amides is 1. The van der Waals surface area contributed by atoms with Gasteiger partial charge in [-0.2, -0.15) is 4.98 Å². The third-order valence-electron chi connectivity index (χ3n) is 3.53. The third-order valence-corrected chi connectivity index (χ3v) is 3.53. The molecule has 2 aromatic carbocycles. The average molecular weight is 359 g/mol. The molecule has 1 aromatic heterocycles. The van der Waals surface area contributed by atoms with Crippen molar-refractivity contribution in [3.8, 4) is 17.4 Å². The number of rotatable bonds is 6. The molecule has 6 nitrogen and oxygen atoms in total. The molecule has 0 aliphatic rings. The van der Waals surface area contributed by atoms with Crippen LogP contribution >= 0.6 is 0 Å². The molecule has 26 heavy (non-hydrogen) atoms. The van der Waals surface area contributed by atoms with E-state index in [1.54, 1.807) is 48.5 Å². The smallest absolute Gasteiger partial charge is 0.297 e. The minimum absolute atomic E-state index is 0.0325. The van der Waals surface area contributed by atoms with E-state index < -0.39 is 24.3 Å². The Morgan fingerprint density at radius 1 is 1.04 bits per heavy atom. The van der Waals surface area contributed by atoms with Crippen LogP contribution in [-0.2, 0) is 4.79 Å². The number of hydrogen-bond donors (Lipinski definition) is 1. The lowest BCUT2D eigenvalue weighted by atomic mass is 10.2. The van der Waals surface area contributed by atoms with Crippen molar-refractivity contribution in [2.45, 2.75) is 19.5 Å². The Bertz CT molecular complexity index is 933. The maximum atomic E-state index is 13.0. The number of halogens is 2. The minimum Gasteiger partial charge on any atom is -0.481 e. The zero-order chi connectivity index (χ0) is 18.7. The first-order chi connectivity index (χ1) is 12.4. The number of amides is 1. The number of para-hydroxylation sites is 1. The van der Waals surface area contributed by atoms with Crippen LogP contribution in [0.25, 0.3) is 10.9 Å². The summed E-state index contributed by atoms with van der Waals surface area (Å²) in [7, 11) is 0. The van der Waals surface area contributed by atoms with Gasteiger partial charge in [-0.15, -0.1) is 0 Å². The van der Waals surface area contributed by atoms with Gasteiger partial charge in [-0.3, -0.25) is 4.79 Å². The summed E-state index contributed by atoms with van der Waals surface area (Å²) in [6, 6.07) is 13.0. The van der Waals surface area contributed by atoms with E-state index in [0.717, 1.165) is 0 Å². The van der Waals surface area contributed by atoms with Gasteiger partial charge in [-0.05, 0) is 43.3 Å². The van der Waals surface area contributed by atoms with Crippen LogP contribution in [0.3, 0.4) is 0 Å². The number of alkyl halides is 2. The van der Waals surface area contributed by atoms with Crippen LogP contribution in [0.2, 0.25) is 0 Å². The van der Waals surface area contributed by atoms with Gasteiger partial charge in [-0.25, -0.2) is 13.8 Å². The van der Waals surface area contributed by atoms with Gasteiger partial charge in [-0.1, -0.05) is 12.1 Å². The summed E-state index contributed by atoms with van der Waals surface area (Å²) in [5, 5.41) is 0.513. The van der Waals surface area contributed by atoms with Gasteiger partial charge < -0.3 is 15.2 Å². The van der Waals surface area contributed by atoms with Crippen LogP contribution in [0.1, 0.15) is 19.2 Å². The van der Waals surface area contributed by atoms with Crippen molar-refractivity contribution >= 4 is 16.8 Å². The largest absolute Gasteiger partial charge is 0.481 e. The normalized spacial score (nSPS) is 12.2. The van der Waals surface area contributed by atoms with Crippen molar-refractivity contribution in [3.05, 3.63) is 54.4 Å². The molecule has 1 heterocycles. The molecule has 1 atom stereocenters. The molecular weight excluding hydrogens is 344 g/mol. The molecule has 0 radical (unpaired) electrons. The number of hydrogen-bond acceptors (Lipinski definition) is 5. The molecule has 1 amide bonds. The quantitative estimate of drug-likeness (QED) is 0.726. The van der Waals surface area contributed by atoms with Gasteiger partial charge in [0.1, 0.15) is 11.5 Å². The number of aromatic nitrogens is 2. The summed E-state index contributed by atoms with van der Waals surface area (Å²) < 4.78 is 37.0. The summed E-state index contributed by atoms with van der Waals surface area (Å²) in [5.74, 6) is -0.367. The topological polar surface area (TPSA) is 87.3 Å². The molecule has 8 heteroatoms. The van der Waals surface area contributed by atoms with Gasteiger partial charge in [0.05, 0.1) is 10.9 Å². The Kier molecular flexibility index (Phi) is 4.92. The van der Waals surface area contributed by atoms with Crippen LogP contribution in [0.15, 0.2) is 48.5 Å². The summed E-state index contributed by atoms with van der Waals surface area (Å²) in [6.45, 7) is 1.53. The highest BCUT2D eigenvalue weighted by atomic mass is 19.3. The van der Waals surface area contributed by atoms with Crippen LogP contribution in [0.5, 0.6) is 17.4 Å². The first-order valence-electron chi connectivity index (χ1n) is 7.73. The molecule has 0 fully saturated rings. The molecule has 134 valence electrons. The molecule has 0 saturated carbocycles. The van der Waals surface area contributed by atoms with E-state index in [0.29, 0.717) is 22.4 Å². The summed E-state index contributed by atoms with van der Waals surface area (Å²) in [6.07, 6.45) is -3.59. The number of benzene rings is 2. The fourth-order valence-electron chi connectivity index (χ4n) is 2.20. The van der Waals surface area contributed by atoms with Crippen molar-refractivity contribution < 1.29 is 23.0 Å². The van der Waals surface area contributed by atoms with Crippen LogP contribution in [0.4, 0.5) is 8.78 Å². The third kappa shape index (κ3) is 3.85. The Balaban J connectivity index is 1.87.